The van der Waals surface area contributed by atoms with E-state index < -0.39 is 0 Å². The molecule has 3 fully saturated rings. The molecule has 2 aromatic rings. The van der Waals surface area contributed by atoms with Crippen LogP contribution in [0.2, 0.25) is 0 Å². The predicted octanol–water partition coefficient (Wildman–Crippen LogP) is 7.23. The molecular formula is C34H42N3+. The van der Waals surface area contributed by atoms with Crippen LogP contribution in [-0.2, 0) is 0 Å². The van der Waals surface area contributed by atoms with Gasteiger partial charge < -0.3 is 9.80 Å². The van der Waals surface area contributed by atoms with Crippen LogP contribution in [-0.4, -0.2) is 49.6 Å². The fraction of sp³-hybridized carbons (Fsp3) is 0.441. The average Bonchev–Trinajstić information content (AvgIpc) is 3.00. The number of rotatable bonds is 4. The van der Waals surface area contributed by atoms with Crippen molar-refractivity contribution < 1.29 is 4.58 Å². The van der Waals surface area contributed by atoms with E-state index in [2.05, 4.69) is 87.2 Å². The van der Waals surface area contributed by atoms with Gasteiger partial charge in [-0.15, -0.1) is 0 Å². The van der Waals surface area contributed by atoms with Crippen molar-refractivity contribution in [2.24, 2.45) is 0 Å². The summed E-state index contributed by atoms with van der Waals surface area (Å²) in [6.45, 7) is 7.12. The zero-order chi connectivity index (χ0) is 24.9. The Morgan fingerprint density at radius 3 is 1.38 bits per heavy atom. The maximum Gasteiger partial charge on any atom is 0.199 e. The van der Waals surface area contributed by atoms with Crippen LogP contribution in [0.1, 0.15) is 68.9 Å². The van der Waals surface area contributed by atoms with E-state index in [-0.39, 0.29) is 0 Å². The summed E-state index contributed by atoms with van der Waals surface area (Å²) in [5, 5.41) is 0. The molecule has 0 aromatic heterocycles. The van der Waals surface area contributed by atoms with E-state index in [0.29, 0.717) is 0 Å². The summed E-state index contributed by atoms with van der Waals surface area (Å²) in [6.07, 6.45) is 21.3. The second-order valence-corrected chi connectivity index (χ2v) is 11.2. The number of piperidine rings is 3. The quantitative estimate of drug-likeness (QED) is 0.416. The van der Waals surface area contributed by atoms with Gasteiger partial charge in [-0.1, -0.05) is 24.3 Å². The van der Waals surface area contributed by atoms with Crippen LogP contribution in [0.15, 0.2) is 78.4 Å². The van der Waals surface area contributed by atoms with Crippen molar-refractivity contribution in [3.63, 3.8) is 0 Å². The van der Waals surface area contributed by atoms with Gasteiger partial charge in [-0.3, -0.25) is 0 Å². The van der Waals surface area contributed by atoms with Crippen LogP contribution in [0.3, 0.4) is 0 Å². The van der Waals surface area contributed by atoms with Gasteiger partial charge in [-0.05, 0) is 104 Å². The van der Waals surface area contributed by atoms with E-state index in [1.54, 1.807) is 0 Å². The van der Waals surface area contributed by atoms with Crippen molar-refractivity contribution in [1.82, 2.24) is 0 Å². The van der Waals surface area contributed by atoms with Gasteiger partial charge in [0.05, 0.1) is 0 Å². The Kier molecular flexibility index (Phi) is 7.57. The minimum absolute atomic E-state index is 1.19. The van der Waals surface area contributed by atoms with Crippen molar-refractivity contribution in [2.75, 3.05) is 49.1 Å². The largest absolute Gasteiger partial charge is 0.372 e. The molecule has 3 heteroatoms. The van der Waals surface area contributed by atoms with Crippen LogP contribution < -0.4 is 9.80 Å². The van der Waals surface area contributed by atoms with E-state index in [4.69, 9.17) is 0 Å². The van der Waals surface area contributed by atoms with Crippen LogP contribution in [0.4, 0.5) is 11.4 Å². The van der Waals surface area contributed by atoms with Crippen LogP contribution in [0.25, 0.3) is 5.57 Å². The highest BCUT2D eigenvalue weighted by Gasteiger charge is 2.19. The lowest BCUT2D eigenvalue weighted by Gasteiger charge is -2.29. The fourth-order valence-electron chi connectivity index (χ4n) is 6.47. The number of nitrogens with zero attached hydrogens (tertiary/aromatic N) is 3. The SMILES string of the molecule is C1=CC(=[N+]2CCCCC2)C=CC1=C(c1ccc(N2CCCCC2)cc1)c1ccc(N2CCCCC2)cc1. The maximum absolute atomic E-state index is 2.55. The van der Waals surface area contributed by atoms with Crippen LogP contribution >= 0.6 is 0 Å². The molecule has 6 rings (SSSR count). The second-order valence-electron chi connectivity index (χ2n) is 11.2. The minimum atomic E-state index is 1.19. The Bertz CT molecular complexity index is 1100. The van der Waals surface area contributed by atoms with Gasteiger partial charge in [0, 0.05) is 62.5 Å². The first kappa shape index (κ1) is 24.3. The fourth-order valence-corrected chi connectivity index (χ4v) is 6.47. The Morgan fingerprint density at radius 2 is 0.919 bits per heavy atom. The van der Waals surface area contributed by atoms with E-state index in [9.17, 15) is 0 Å². The van der Waals surface area contributed by atoms with Crippen molar-refractivity contribution in [3.8, 4) is 0 Å². The molecule has 0 spiro atoms. The molecule has 37 heavy (non-hydrogen) atoms. The summed E-state index contributed by atoms with van der Waals surface area (Å²) in [5.41, 5.74) is 9.34. The summed E-state index contributed by atoms with van der Waals surface area (Å²) in [4.78, 5) is 5.10. The molecule has 3 nitrogen and oxygen atoms in total. The Morgan fingerprint density at radius 1 is 0.486 bits per heavy atom. The lowest BCUT2D eigenvalue weighted by Crippen LogP contribution is -2.29. The molecule has 1 aliphatic carbocycles. The zero-order valence-corrected chi connectivity index (χ0v) is 22.4. The number of benzene rings is 2. The van der Waals surface area contributed by atoms with Gasteiger partial charge in [0.2, 0.25) is 0 Å². The molecule has 4 aliphatic rings. The summed E-state index contributed by atoms with van der Waals surface area (Å²) in [6, 6.07) is 18.7. The highest BCUT2D eigenvalue weighted by molar-refractivity contribution is 6.04. The van der Waals surface area contributed by atoms with Gasteiger partial charge >= 0.3 is 0 Å². The third-order valence-electron chi connectivity index (χ3n) is 8.63. The van der Waals surface area contributed by atoms with Crippen molar-refractivity contribution in [2.45, 2.75) is 57.8 Å². The number of hydrogen-bond acceptors (Lipinski definition) is 2. The Hall–Kier alpha value is -3.07. The molecule has 3 saturated heterocycles. The van der Waals surface area contributed by atoms with Crippen molar-refractivity contribution >= 4 is 22.7 Å². The van der Waals surface area contributed by atoms with Gasteiger partial charge in [0.25, 0.3) is 0 Å². The summed E-state index contributed by atoms with van der Waals surface area (Å²) in [7, 11) is 0. The third kappa shape index (κ3) is 5.61. The lowest BCUT2D eigenvalue weighted by atomic mass is 9.90. The van der Waals surface area contributed by atoms with Crippen molar-refractivity contribution in [1.29, 1.82) is 0 Å². The van der Waals surface area contributed by atoms with Crippen LogP contribution in [0.5, 0.6) is 0 Å². The van der Waals surface area contributed by atoms with Crippen LogP contribution in [0, 0.1) is 0 Å². The minimum Gasteiger partial charge on any atom is -0.372 e. The smallest absolute Gasteiger partial charge is 0.199 e. The first-order chi connectivity index (χ1) is 18.3. The standard InChI is InChI=1S/C34H42N3/c1-4-22-35(23-5-1)31-16-10-28(11-17-31)34(29-12-18-32(19-13-29)36-24-6-2-7-25-36)30-14-20-33(21-15-30)37-26-8-3-9-27-37/h10-21H,1-9,22-27H2/q+1. The maximum atomic E-state index is 2.55. The topological polar surface area (TPSA) is 9.49 Å². The zero-order valence-electron chi connectivity index (χ0n) is 22.4. The molecule has 0 amide bonds. The normalized spacial score (nSPS) is 20.5. The molecule has 3 heterocycles. The molecule has 0 atom stereocenters. The summed E-state index contributed by atoms with van der Waals surface area (Å²) < 4.78 is 2.55. The van der Waals surface area contributed by atoms with Gasteiger partial charge in [-0.2, -0.15) is 0 Å². The molecule has 0 bridgehead atoms. The molecular weight excluding hydrogens is 450 g/mol. The highest BCUT2D eigenvalue weighted by Crippen LogP contribution is 2.33. The summed E-state index contributed by atoms with van der Waals surface area (Å²) >= 11 is 0. The average molecular weight is 493 g/mol. The van der Waals surface area contributed by atoms with E-state index in [1.165, 1.54) is 136 Å². The highest BCUT2D eigenvalue weighted by atomic mass is 15.1. The van der Waals surface area contributed by atoms with E-state index in [0.717, 1.165) is 0 Å². The van der Waals surface area contributed by atoms with Crippen molar-refractivity contribution in [3.05, 3.63) is 89.5 Å². The second kappa shape index (κ2) is 11.5. The number of anilines is 2. The van der Waals surface area contributed by atoms with Gasteiger partial charge in [-0.25, -0.2) is 4.58 Å². The van der Waals surface area contributed by atoms with E-state index in [1.807, 2.05) is 0 Å². The molecule has 0 N–H and O–H groups in total. The predicted molar refractivity (Wildman–Crippen MR) is 158 cm³/mol. The van der Waals surface area contributed by atoms with Gasteiger partial charge in [0.1, 0.15) is 13.1 Å². The first-order valence-electron chi connectivity index (χ1n) is 14.8. The molecule has 192 valence electrons. The molecule has 0 radical (unpaired) electrons. The Balaban J connectivity index is 1.33. The first-order valence-corrected chi connectivity index (χ1v) is 14.8. The number of allylic oxidation sites excluding steroid dienone is 5. The number of hydrogen-bond donors (Lipinski definition) is 0. The molecule has 0 saturated carbocycles. The van der Waals surface area contributed by atoms with E-state index >= 15 is 0 Å². The lowest BCUT2D eigenvalue weighted by molar-refractivity contribution is -0.535. The third-order valence-corrected chi connectivity index (χ3v) is 8.63. The Labute approximate surface area is 223 Å². The van der Waals surface area contributed by atoms with Gasteiger partial charge in [0.15, 0.2) is 5.71 Å². The molecule has 3 aliphatic heterocycles. The monoisotopic (exact) mass is 492 g/mol. The molecule has 0 unspecified atom stereocenters. The summed E-state index contributed by atoms with van der Waals surface area (Å²) in [5.74, 6) is 0. The molecule has 2 aromatic carbocycles.